The van der Waals surface area contributed by atoms with E-state index < -0.39 is 17.7 Å². The van der Waals surface area contributed by atoms with Crippen molar-refractivity contribution in [3.63, 3.8) is 0 Å². The molecule has 1 rings (SSSR count). The highest BCUT2D eigenvalue weighted by molar-refractivity contribution is 5.83. The lowest BCUT2D eigenvalue weighted by Gasteiger charge is -2.21. The topological polar surface area (TPSA) is 94.8 Å². The lowest BCUT2D eigenvalue weighted by molar-refractivity contribution is -0.147. The quantitative estimate of drug-likeness (QED) is 0.215. The maximum atomic E-state index is 12.2. The number of aliphatic hydroxyl groups is 2. The molecule has 2 unspecified atom stereocenters. The van der Waals surface area contributed by atoms with Crippen LogP contribution < -0.4 is 0 Å². The first kappa shape index (κ1) is 25.4. The maximum Gasteiger partial charge on any atom is 0.332 e. The fourth-order valence-electron chi connectivity index (χ4n) is 4.06. The molecule has 1 aliphatic rings. The molecule has 5 heteroatoms. The van der Waals surface area contributed by atoms with Gasteiger partial charge in [0.1, 0.15) is 11.4 Å². The summed E-state index contributed by atoms with van der Waals surface area (Å²) in [4.78, 5) is 22.8. The molecule has 164 valence electrons. The summed E-state index contributed by atoms with van der Waals surface area (Å²) in [6.45, 7) is 2.15. The Hall–Kier alpha value is -1.64. The summed E-state index contributed by atoms with van der Waals surface area (Å²) in [5, 5.41) is 28.5. The van der Waals surface area contributed by atoms with Gasteiger partial charge in [0.2, 0.25) is 0 Å². The molecule has 0 bridgehead atoms. The summed E-state index contributed by atoms with van der Waals surface area (Å²) in [5.74, 6) is 1.84. The van der Waals surface area contributed by atoms with Gasteiger partial charge in [-0.3, -0.25) is 4.79 Å². The molecule has 0 aromatic rings. The molecule has 0 heterocycles. The van der Waals surface area contributed by atoms with Gasteiger partial charge in [-0.05, 0) is 38.0 Å². The van der Waals surface area contributed by atoms with Crippen LogP contribution in [0.4, 0.5) is 0 Å². The van der Waals surface area contributed by atoms with E-state index in [9.17, 15) is 19.8 Å². The molecule has 1 fully saturated rings. The van der Waals surface area contributed by atoms with Gasteiger partial charge in [-0.2, -0.15) is 0 Å². The molecular weight excluding hydrogens is 368 g/mol. The van der Waals surface area contributed by atoms with Crippen molar-refractivity contribution in [2.45, 2.75) is 102 Å². The average molecular weight is 407 g/mol. The van der Waals surface area contributed by atoms with Gasteiger partial charge in [0.25, 0.3) is 0 Å². The third-order valence-corrected chi connectivity index (χ3v) is 5.98. The SMILES string of the molecule is C#CC(O)(CC=C[C@H]1CCC(=O)[C@@H]1CCCCCC(O)C(=O)O)CCCCCC. The molecule has 0 aromatic heterocycles. The zero-order valence-electron chi connectivity index (χ0n) is 17.8. The van der Waals surface area contributed by atoms with E-state index in [1.165, 1.54) is 0 Å². The predicted molar refractivity (Wildman–Crippen MR) is 114 cm³/mol. The lowest BCUT2D eigenvalue weighted by Crippen LogP contribution is -2.25. The molecule has 0 spiro atoms. The van der Waals surface area contributed by atoms with Gasteiger partial charge in [0, 0.05) is 18.8 Å². The van der Waals surface area contributed by atoms with Crippen LogP contribution in [0, 0.1) is 24.2 Å². The first-order valence-corrected chi connectivity index (χ1v) is 11.1. The first-order chi connectivity index (χ1) is 13.8. The number of allylic oxidation sites excluding steroid dienone is 1. The predicted octanol–water partition coefficient (Wildman–Crippen LogP) is 4.26. The molecule has 4 atom stereocenters. The molecule has 0 aliphatic heterocycles. The second kappa shape index (κ2) is 13.6. The second-order valence-corrected chi connectivity index (χ2v) is 8.39. The Morgan fingerprint density at radius 2 is 2.00 bits per heavy atom. The molecule has 29 heavy (non-hydrogen) atoms. The van der Waals surface area contributed by atoms with Crippen LogP contribution in [0.5, 0.6) is 0 Å². The summed E-state index contributed by atoms with van der Waals surface area (Å²) in [6, 6.07) is 0. The Labute approximate surface area is 175 Å². The first-order valence-electron chi connectivity index (χ1n) is 11.1. The van der Waals surface area contributed by atoms with Gasteiger partial charge >= 0.3 is 5.97 Å². The van der Waals surface area contributed by atoms with Crippen LogP contribution in [0.3, 0.4) is 0 Å². The summed E-state index contributed by atoms with van der Waals surface area (Å²) in [6.07, 6.45) is 18.3. The van der Waals surface area contributed by atoms with Gasteiger partial charge in [0.15, 0.2) is 6.10 Å². The van der Waals surface area contributed by atoms with Crippen LogP contribution in [-0.2, 0) is 9.59 Å². The molecular formula is C24H38O5. The third kappa shape index (κ3) is 9.60. The molecule has 0 amide bonds. The summed E-state index contributed by atoms with van der Waals surface area (Å²) in [5.41, 5.74) is -1.10. The van der Waals surface area contributed by atoms with Crippen molar-refractivity contribution in [2.24, 2.45) is 11.8 Å². The Balaban J connectivity index is 2.41. The Morgan fingerprint density at radius 1 is 1.28 bits per heavy atom. The van der Waals surface area contributed by atoms with Gasteiger partial charge in [-0.1, -0.05) is 63.5 Å². The molecule has 1 aliphatic carbocycles. The van der Waals surface area contributed by atoms with Gasteiger partial charge < -0.3 is 15.3 Å². The maximum absolute atomic E-state index is 12.2. The smallest absolute Gasteiger partial charge is 0.332 e. The van der Waals surface area contributed by atoms with E-state index in [-0.39, 0.29) is 24.0 Å². The molecule has 0 saturated heterocycles. The number of Topliss-reactive ketones (excluding diaryl/α,β-unsaturated/α-hetero) is 1. The van der Waals surface area contributed by atoms with E-state index in [0.29, 0.717) is 25.7 Å². The number of carbonyl (C=O) groups is 2. The fraction of sp³-hybridized carbons (Fsp3) is 0.750. The van der Waals surface area contributed by atoms with Crippen LogP contribution >= 0.6 is 0 Å². The monoisotopic (exact) mass is 406 g/mol. The minimum atomic E-state index is -1.30. The van der Waals surface area contributed by atoms with Crippen molar-refractivity contribution in [3.05, 3.63) is 12.2 Å². The van der Waals surface area contributed by atoms with E-state index in [1.807, 2.05) is 6.08 Å². The number of terminal acetylenes is 1. The average Bonchev–Trinajstić information content (AvgIpc) is 3.04. The number of aliphatic hydroxyl groups excluding tert-OH is 1. The summed E-state index contributed by atoms with van der Waals surface area (Å²) >= 11 is 0. The van der Waals surface area contributed by atoms with Crippen molar-refractivity contribution in [1.29, 1.82) is 0 Å². The summed E-state index contributed by atoms with van der Waals surface area (Å²) < 4.78 is 0. The second-order valence-electron chi connectivity index (χ2n) is 8.39. The zero-order valence-corrected chi connectivity index (χ0v) is 17.8. The number of carbonyl (C=O) groups excluding carboxylic acids is 1. The fourth-order valence-corrected chi connectivity index (χ4v) is 4.06. The zero-order chi connectivity index (χ0) is 21.7. The number of hydrogen-bond acceptors (Lipinski definition) is 4. The Morgan fingerprint density at radius 3 is 2.66 bits per heavy atom. The van der Waals surface area contributed by atoms with Crippen molar-refractivity contribution in [1.82, 2.24) is 0 Å². The molecule has 3 N–H and O–H groups in total. The van der Waals surface area contributed by atoms with E-state index >= 15 is 0 Å². The van der Waals surface area contributed by atoms with Crippen molar-refractivity contribution in [2.75, 3.05) is 0 Å². The number of carboxylic acid groups (broad SMARTS) is 1. The van der Waals surface area contributed by atoms with Crippen LogP contribution in [0.25, 0.3) is 0 Å². The third-order valence-electron chi connectivity index (χ3n) is 5.98. The molecule has 0 radical (unpaired) electrons. The number of unbranched alkanes of at least 4 members (excludes halogenated alkanes) is 5. The molecule has 5 nitrogen and oxygen atoms in total. The number of aliphatic carboxylic acids is 1. The minimum Gasteiger partial charge on any atom is -0.479 e. The van der Waals surface area contributed by atoms with Gasteiger partial charge in [-0.25, -0.2) is 4.79 Å². The highest BCUT2D eigenvalue weighted by Gasteiger charge is 2.32. The van der Waals surface area contributed by atoms with Gasteiger partial charge in [0.05, 0.1) is 0 Å². The van der Waals surface area contributed by atoms with Crippen LogP contribution in [-0.4, -0.2) is 38.8 Å². The van der Waals surface area contributed by atoms with E-state index in [2.05, 4.69) is 18.9 Å². The van der Waals surface area contributed by atoms with Gasteiger partial charge in [-0.15, -0.1) is 6.42 Å². The molecule has 1 saturated carbocycles. The van der Waals surface area contributed by atoms with Crippen molar-refractivity contribution >= 4 is 11.8 Å². The number of ketones is 1. The van der Waals surface area contributed by atoms with Crippen LogP contribution in [0.15, 0.2) is 12.2 Å². The molecule has 0 aromatic carbocycles. The summed E-state index contributed by atoms with van der Waals surface area (Å²) in [7, 11) is 0. The van der Waals surface area contributed by atoms with E-state index in [0.717, 1.165) is 51.4 Å². The highest BCUT2D eigenvalue weighted by atomic mass is 16.4. The van der Waals surface area contributed by atoms with E-state index in [1.54, 1.807) is 0 Å². The standard InChI is InChI=1S/C24H38O5/c1-3-5-6-10-17-24(29,4-2)18-11-12-19-15-16-21(25)20(19)13-8-7-9-14-22(26)23(27)28/h2,11-12,19-20,22,26,29H,3,5-10,13-18H2,1H3,(H,27,28)/t19-,20+,22?,24?/m0/s1. The van der Waals surface area contributed by atoms with Crippen molar-refractivity contribution < 1.29 is 24.9 Å². The number of carboxylic acids is 1. The largest absolute Gasteiger partial charge is 0.479 e. The normalized spacial score (nSPS) is 22.5. The Bertz CT molecular complexity index is 576. The van der Waals surface area contributed by atoms with Crippen LogP contribution in [0.2, 0.25) is 0 Å². The van der Waals surface area contributed by atoms with Crippen molar-refractivity contribution in [3.8, 4) is 12.3 Å². The van der Waals surface area contributed by atoms with E-state index in [4.69, 9.17) is 11.5 Å². The Kier molecular flexibility index (Phi) is 11.9. The number of hydrogen-bond donors (Lipinski definition) is 3. The highest BCUT2D eigenvalue weighted by Crippen LogP contribution is 2.34. The lowest BCUT2D eigenvalue weighted by atomic mass is 9.88. The number of rotatable bonds is 15. The minimum absolute atomic E-state index is 0.000806. The van der Waals surface area contributed by atoms with Crippen LogP contribution in [0.1, 0.15) is 90.4 Å².